The molecular formula is C18H27NO4. The predicted octanol–water partition coefficient (Wildman–Crippen LogP) is 3.87. The van der Waals surface area contributed by atoms with Crippen molar-refractivity contribution in [3.05, 3.63) is 23.8 Å². The highest BCUT2D eigenvalue weighted by Crippen LogP contribution is 2.30. The van der Waals surface area contributed by atoms with Crippen LogP contribution in [0.4, 0.5) is 4.79 Å². The quantitative estimate of drug-likeness (QED) is 0.864. The summed E-state index contributed by atoms with van der Waals surface area (Å²) >= 11 is 0. The molecule has 0 saturated heterocycles. The molecule has 1 fully saturated rings. The minimum absolute atomic E-state index is 0.0490. The van der Waals surface area contributed by atoms with Crippen molar-refractivity contribution in [1.82, 2.24) is 5.32 Å². The smallest absolute Gasteiger partial charge is 0.407 e. The summed E-state index contributed by atoms with van der Waals surface area (Å²) in [4.78, 5) is 11.9. The molecule has 0 bridgehead atoms. The monoisotopic (exact) mass is 321 g/mol. The Morgan fingerprint density at radius 3 is 2.61 bits per heavy atom. The van der Waals surface area contributed by atoms with E-state index < -0.39 is 0 Å². The van der Waals surface area contributed by atoms with E-state index in [1.165, 1.54) is 19.3 Å². The van der Waals surface area contributed by atoms with Crippen LogP contribution in [0.25, 0.3) is 0 Å². The third-order valence-corrected chi connectivity index (χ3v) is 4.36. The van der Waals surface area contributed by atoms with Crippen LogP contribution in [-0.2, 0) is 4.74 Å². The van der Waals surface area contributed by atoms with Crippen LogP contribution >= 0.6 is 0 Å². The van der Waals surface area contributed by atoms with Crippen molar-refractivity contribution in [1.29, 1.82) is 0 Å². The molecule has 0 spiro atoms. The molecule has 1 unspecified atom stereocenters. The summed E-state index contributed by atoms with van der Waals surface area (Å²) in [7, 11) is 3.25. The number of alkyl carbamates (subject to hydrolysis) is 1. The number of hydrogen-bond acceptors (Lipinski definition) is 4. The summed E-state index contributed by atoms with van der Waals surface area (Å²) in [6, 6.07) is 5.94. The van der Waals surface area contributed by atoms with Gasteiger partial charge in [0.2, 0.25) is 0 Å². The molecule has 1 aliphatic carbocycles. The topological polar surface area (TPSA) is 56.8 Å². The third-order valence-electron chi connectivity index (χ3n) is 4.36. The van der Waals surface area contributed by atoms with Crippen LogP contribution in [0, 0.1) is 0 Å². The van der Waals surface area contributed by atoms with Gasteiger partial charge in [-0.1, -0.05) is 32.3 Å². The third kappa shape index (κ3) is 5.05. The van der Waals surface area contributed by atoms with Gasteiger partial charge in [0.25, 0.3) is 0 Å². The number of benzene rings is 1. The molecule has 5 nitrogen and oxygen atoms in total. The van der Waals surface area contributed by atoms with Gasteiger partial charge in [0.15, 0.2) is 0 Å². The van der Waals surface area contributed by atoms with Crippen LogP contribution in [0.15, 0.2) is 18.2 Å². The van der Waals surface area contributed by atoms with Gasteiger partial charge < -0.3 is 19.5 Å². The molecule has 1 saturated carbocycles. The molecule has 0 heterocycles. The summed E-state index contributed by atoms with van der Waals surface area (Å²) < 4.78 is 16.0. The number of carbonyl (C=O) groups excluding carboxylic acids is 1. The average Bonchev–Trinajstić information content (AvgIpc) is 2.60. The van der Waals surface area contributed by atoms with Crippen molar-refractivity contribution in [3.63, 3.8) is 0 Å². The molecule has 1 aromatic rings. The maximum atomic E-state index is 11.9. The van der Waals surface area contributed by atoms with E-state index in [0.717, 1.165) is 29.9 Å². The second kappa shape index (κ2) is 8.65. The van der Waals surface area contributed by atoms with Crippen LogP contribution in [-0.4, -0.2) is 33.0 Å². The zero-order valence-electron chi connectivity index (χ0n) is 14.3. The Balaban J connectivity index is 1.86. The van der Waals surface area contributed by atoms with E-state index >= 15 is 0 Å². The number of nitrogens with one attached hydrogen (secondary N) is 1. The maximum Gasteiger partial charge on any atom is 0.407 e. The van der Waals surface area contributed by atoms with Crippen molar-refractivity contribution in [2.75, 3.05) is 20.8 Å². The van der Waals surface area contributed by atoms with Gasteiger partial charge in [-0.3, -0.25) is 0 Å². The van der Waals surface area contributed by atoms with E-state index in [1.54, 1.807) is 14.2 Å². The van der Waals surface area contributed by atoms with Crippen LogP contribution in [0.3, 0.4) is 0 Å². The molecule has 1 atom stereocenters. The second-order valence-corrected chi connectivity index (χ2v) is 6.09. The fourth-order valence-corrected chi connectivity index (χ4v) is 2.97. The van der Waals surface area contributed by atoms with Crippen molar-refractivity contribution in [3.8, 4) is 11.5 Å². The first-order chi connectivity index (χ1) is 11.1. The molecule has 5 heteroatoms. The number of ether oxygens (including phenoxy) is 3. The van der Waals surface area contributed by atoms with Crippen molar-refractivity contribution >= 4 is 6.09 Å². The van der Waals surface area contributed by atoms with E-state index in [0.29, 0.717) is 6.61 Å². The van der Waals surface area contributed by atoms with Crippen LogP contribution in [0.5, 0.6) is 11.5 Å². The Labute approximate surface area is 138 Å². The number of rotatable bonds is 6. The highest BCUT2D eigenvalue weighted by atomic mass is 16.5. The first kappa shape index (κ1) is 17.4. The summed E-state index contributed by atoms with van der Waals surface area (Å²) in [5.41, 5.74) is 0.999. The van der Waals surface area contributed by atoms with Gasteiger partial charge >= 0.3 is 6.09 Å². The SMILES string of the molecule is COc1ccc(C(C)COC(=O)NC2CCCCC2)c(OC)c1. The fourth-order valence-electron chi connectivity index (χ4n) is 2.97. The molecular weight excluding hydrogens is 294 g/mol. The van der Waals surface area contributed by atoms with Crippen LogP contribution < -0.4 is 14.8 Å². The van der Waals surface area contributed by atoms with Crippen molar-refractivity contribution < 1.29 is 19.0 Å². The number of hydrogen-bond donors (Lipinski definition) is 1. The lowest BCUT2D eigenvalue weighted by Gasteiger charge is -2.23. The zero-order chi connectivity index (χ0) is 16.7. The van der Waals surface area contributed by atoms with Gasteiger partial charge in [0, 0.05) is 23.6 Å². The lowest BCUT2D eigenvalue weighted by atomic mass is 9.96. The molecule has 0 aliphatic heterocycles. The Morgan fingerprint density at radius 2 is 1.96 bits per heavy atom. The van der Waals surface area contributed by atoms with E-state index in [-0.39, 0.29) is 18.1 Å². The summed E-state index contributed by atoms with van der Waals surface area (Å²) in [6.45, 7) is 2.33. The zero-order valence-corrected chi connectivity index (χ0v) is 14.3. The van der Waals surface area contributed by atoms with Gasteiger partial charge in [0.05, 0.1) is 20.8 Å². The molecule has 1 amide bonds. The fraction of sp³-hybridized carbons (Fsp3) is 0.611. The van der Waals surface area contributed by atoms with E-state index in [1.807, 2.05) is 25.1 Å². The summed E-state index contributed by atoms with van der Waals surface area (Å²) in [5, 5.41) is 2.96. The van der Waals surface area contributed by atoms with Gasteiger partial charge in [-0.2, -0.15) is 0 Å². The normalized spacial score (nSPS) is 16.5. The minimum atomic E-state index is -0.323. The Bertz CT molecular complexity index is 512. The highest BCUT2D eigenvalue weighted by molar-refractivity contribution is 5.67. The van der Waals surface area contributed by atoms with Gasteiger partial charge in [-0.25, -0.2) is 4.79 Å². The first-order valence-electron chi connectivity index (χ1n) is 8.29. The Hall–Kier alpha value is -1.91. The van der Waals surface area contributed by atoms with E-state index in [4.69, 9.17) is 14.2 Å². The van der Waals surface area contributed by atoms with Crippen molar-refractivity contribution in [2.45, 2.75) is 51.0 Å². The lowest BCUT2D eigenvalue weighted by molar-refractivity contribution is 0.133. The van der Waals surface area contributed by atoms with Gasteiger partial charge in [0.1, 0.15) is 11.5 Å². The molecule has 1 aliphatic rings. The van der Waals surface area contributed by atoms with Crippen LogP contribution in [0.2, 0.25) is 0 Å². The predicted molar refractivity (Wildman–Crippen MR) is 89.3 cm³/mol. The molecule has 128 valence electrons. The summed E-state index contributed by atoms with van der Waals surface area (Å²) in [5.74, 6) is 1.54. The molecule has 0 aromatic heterocycles. The molecule has 2 rings (SSSR count). The largest absolute Gasteiger partial charge is 0.497 e. The first-order valence-corrected chi connectivity index (χ1v) is 8.29. The molecule has 23 heavy (non-hydrogen) atoms. The number of carbonyl (C=O) groups is 1. The minimum Gasteiger partial charge on any atom is -0.497 e. The van der Waals surface area contributed by atoms with E-state index in [2.05, 4.69) is 5.32 Å². The van der Waals surface area contributed by atoms with Gasteiger partial charge in [-0.15, -0.1) is 0 Å². The maximum absolute atomic E-state index is 11.9. The second-order valence-electron chi connectivity index (χ2n) is 6.09. The standard InChI is InChI=1S/C18H27NO4/c1-13(16-10-9-15(21-2)11-17(16)22-3)12-23-18(20)19-14-7-5-4-6-8-14/h9-11,13-14H,4-8,12H2,1-3H3,(H,19,20). The highest BCUT2D eigenvalue weighted by Gasteiger charge is 2.18. The number of methoxy groups -OCH3 is 2. The number of amides is 1. The van der Waals surface area contributed by atoms with Crippen LogP contribution in [0.1, 0.15) is 50.5 Å². The summed E-state index contributed by atoms with van der Waals surface area (Å²) in [6.07, 6.45) is 5.42. The van der Waals surface area contributed by atoms with Gasteiger partial charge in [-0.05, 0) is 18.9 Å². The Morgan fingerprint density at radius 1 is 1.22 bits per heavy atom. The average molecular weight is 321 g/mol. The van der Waals surface area contributed by atoms with E-state index in [9.17, 15) is 4.79 Å². The molecule has 1 aromatic carbocycles. The lowest BCUT2D eigenvalue weighted by Crippen LogP contribution is -2.37. The molecule has 0 radical (unpaired) electrons. The van der Waals surface area contributed by atoms with Crippen molar-refractivity contribution in [2.24, 2.45) is 0 Å². The Kier molecular flexibility index (Phi) is 6.56. The molecule has 1 N–H and O–H groups in total.